The molecule has 5 rings (SSSR count). The highest BCUT2D eigenvalue weighted by molar-refractivity contribution is 8.00. The highest BCUT2D eigenvalue weighted by atomic mass is 35.5. The largest absolute Gasteiger partial charge is 0.376 e. The monoisotopic (exact) mass is 439 g/mol. The molecule has 2 aliphatic heterocycles. The molecule has 154 valence electrons. The molecule has 3 heterocycles. The van der Waals surface area contributed by atoms with Crippen LogP contribution >= 0.6 is 23.4 Å². The number of aromatic nitrogens is 2. The molecule has 2 aromatic carbocycles. The number of carbonyl (C=O) groups excluding carboxylic acids is 1. The summed E-state index contributed by atoms with van der Waals surface area (Å²) in [5.41, 5.74) is 3.88. The van der Waals surface area contributed by atoms with Crippen LogP contribution in [0.3, 0.4) is 0 Å². The predicted octanol–water partition coefficient (Wildman–Crippen LogP) is 4.95. The second kappa shape index (κ2) is 8.46. The van der Waals surface area contributed by atoms with Gasteiger partial charge in [0.15, 0.2) is 0 Å². The SMILES string of the molecule is O=C1CS[C@@H](c2cn(-c3ccccc3)nc2-c2ccc(Cl)cc2)N1C[C@@H]1CCCO1. The summed E-state index contributed by atoms with van der Waals surface area (Å²) in [5.74, 6) is 0.642. The first-order chi connectivity index (χ1) is 14.7. The lowest BCUT2D eigenvalue weighted by Crippen LogP contribution is -2.35. The van der Waals surface area contributed by atoms with Gasteiger partial charge in [0.2, 0.25) is 5.91 Å². The Labute approximate surface area is 185 Å². The maximum Gasteiger partial charge on any atom is 0.233 e. The lowest BCUT2D eigenvalue weighted by Gasteiger charge is -2.26. The van der Waals surface area contributed by atoms with E-state index < -0.39 is 0 Å². The molecule has 0 saturated carbocycles. The molecule has 0 N–H and O–H groups in total. The van der Waals surface area contributed by atoms with E-state index in [2.05, 4.69) is 6.20 Å². The number of ether oxygens (including phenoxy) is 1. The molecule has 0 spiro atoms. The summed E-state index contributed by atoms with van der Waals surface area (Å²) >= 11 is 7.77. The van der Waals surface area contributed by atoms with Crippen molar-refractivity contribution >= 4 is 29.3 Å². The second-order valence-corrected chi connectivity index (χ2v) is 9.07. The van der Waals surface area contributed by atoms with Crippen LogP contribution in [0.15, 0.2) is 60.8 Å². The number of thioether (sulfide) groups is 1. The number of nitrogens with zero attached hydrogens (tertiary/aromatic N) is 3. The Morgan fingerprint density at radius 1 is 1.13 bits per heavy atom. The summed E-state index contributed by atoms with van der Waals surface area (Å²) in [6.07, 6.45) is 4.25. The molecular formula is C23H22ClN3O2S. The van der Waals surface area contributed by atoms with Crippen molar-refractivity contribution in [2.45, 2.75) is 24.3 Å². The van der Waals surface area contributed by atoms with Crippen molar-refractivity contribution in [2.75, 3.05) is 18.9 Å². The fraction of sp³-hybridized carbons (Fsp3) is 0.304. The van der Waals surface area contributed by atoms with E-state index in [9.17, 15) is 4.79 Å². The average Bonchev–Trinajstić information content (AvgIpc) is 3.51. The summed E-state index contributed by atoms with van der Waals surface area (Å²) in [6, 6.07) is 17.7. The van der Waals surface area contributed by atoms with Gasteiger partial charge in [0.25, 0.3) is 0 Å². The zero-order valence-electron chi connectivity index (χ0n) is 16.4. The third-order valence-corrected chi connectivity index (χ3v) is 7.03. The third-order valence-electron chi connectivity index (χ3n) is 5.54. The minimum atomic E-state index is -0.0789. The second-order valence-electron chi connectivity index (χ2n) is 7.56. The highest BCUT2D eigenvalue weighted by Gasteiger charge is 2.37. The van der Waals surface area contributed by atoms with Gasteiger partial charge in [0, 0.05) is 35.5 Å². The van der Waals surface area contributed by atoms with Crippen LogP contribution in [0.1, 0.15) is 23.8 Å². The number of halogens is 1. The zero-order chi connectivity index (χ0) is 20.5. The summed E-state index contributed by atoms with van der Waals surface area (Å²) in [6.45, 7) is 1.42. The van der Waals surface area contributed by atoms with Crippen molar-refractivity contribution in [3.05, 3.63) is 71.4 Å². The van der Waals surface area contributed by atoms with Gasteiger partial charge in [0.05, 0.1) is 23.2 Å². The van der Waals surface area contributed by atoms with Gasteiger partial charge in [0.1, 0.15) is 5.37 Å². The number of rotatable bonds is 5. The Balaban J connectivity index is 1.56. The van der Waals surface area contributed by atoms with Gasteiger partial charge in [-0.2, -0.15) is 5.10 Å². The number of carbonyl (C=O) groups is 1. The van der Waals surface area contributed by atoms with Crippen molar-refractivity contribution < 1.29 is 9.53 Å². The third kappa shape index (κ3) is 3.87. The quantitative estimate of drug-likeness (QED) is 0.564. The van der Waals surface area contributed by atoms with E-state index in [4.69, 9.17) is 21.4 Å². The van der Waals surface area contributed by atoms with Gasteiger partial charge in [-0.05, 0) is 37.1 Å². The number of hydrogen-bond acceptors (Lipinski definition) is 4. The zero-order valence-corrected chi connectivity index (χ0v) is 18.0. The molecule has 1 aromatic heterocycles. The Morgan fingerprint density at radius 2 is 1.93 bits per heavy atom. The fourth-order valence-corrected chi connectivity index (χ4v) is 5.36. The van der Waals surface area contributed by atoms with Crippen LogP contribution in [-0.4, -0.2) is 45.6 Å². The summed E-state index contributed by atoms with van der Waals surface area (Å²) in [4.78, 5) is 14.7. The average molecular weight is 440 g/mol. The van der Waals surface area contributed by atoms with Crippen LogP contribution in [0.2, 0.25) is 5.02 Å². The Bertz CT molecular complexity index is 1030. The van der Waals surface area contributed by atoms with E-state index in [-0.39, 0.29) is 17.4 Å². The molecule has 3 aromatic rings. The maximum absolute atomic E-state index is 12.7. The van der Waals surface area contributed by atoms with Crippen LogP contribution in [0.25, 0.3) is 16.9 Å². The Kier molecular flexibility index (Phi) is 5.54. The van der Waals surface area contributed by atoms with Crippen molar-refractivity contribution in [1.29, 1.82) is 0 Å². The number of hydrogen-bond donors (Lipinski definition) is 0. The van der Waals surface area contributed by atoms with Crippen LogP contribution < -0.4 is 0 Å². The first kappa shape index (κ1) is 19.7. The van der Waals surface area contributed by atoms with E-state index >= 15 is 0 Å². The highest BCUT2D eigenvalue weighted by Crippen LogP contribution is 2.43. The first-order valence-corrected chi connectivity index (χ1v) is 11.6. The number of benzene rings is 2. The summed E-state index contributed by atoms with van der Waals surface area (Å²) < 4.78 is 7.71. The fourth-order valence-electron chi connectivity index (χ4n) is 4.03. The van der Waals surface area contributed by atoms with Crippen LogP contribution in [0.5, 0.6) is 0 Å². The molecule has 0 bridgehead atoms. The molecule has 2 aliphatic rings. The van der Waals surface area contributed by atoms with Gasteiger partial charge in [-0.3, -0.25) is 4.79 Å². The molecule has 0 aliphatic carbocycles. The molecule has 7 heteroatoms. The van der Waals surface area contributed by atoms with E-state index in [0.717, 1.165) is 42.0 Å². The van der Waals surface area contributed by atoms with Gasteiger partial charge in [-0.25, -0.2) is 4.68 Å². The number of para-hydroxylation sites is 1. The molecule has 2 saturated heterocycles. The molecule has 1 amide bonds. The first-order valence-electron chi connectivity index (χ1n) is 10.1. The Morgan fingerprint density at radius 3 is 2.67 bits per heavy atom. The lowest BCUT2D eigenvalue weighted by molar-refractivity contribution is -0.129. The van der Waals surface area contributed by atoms with E-state index in [1.807, 2.05) is 64.2 Å². The summed E-state index contributed by atoms with van der Waals surface area (Å²) in [7, 11) is 0. The summed E-state index contributed by atoms with van der Waals surface area (Å²) in [5, 5.41) is 5.52. The molecule has 2 fully saturated rings. The van der Waals surface area contributed by atoms with Crippen LogP contribution in [0.4, 0.5) is 0 Å². The molecule has 5 nitrogen and oxygen atoms in total. The van der Waals surface area contributed by atoms with Crippen molar-refractivity contribution in [3.8, 4) is 16.9 Å². The minimum absolute atomic E-state index is 0.0789. The van der Waals surface area contributed by atoms with Crippen molar-refractivity contribution in [1.82, 2.24) is 14.7 Å². The standard InChI is InChI=1S/C23H22ClN3O2S/c24-17-10-8-16(9-11-17)22-20(14-27(25-22)18-5-2-1-3-6-18)23-26(21(28)15-30-23)13-19-7-4-12-29-19/h1-3,5-6,8-11,14,19,23H,4,7,12-13,15H2/t19-,23-/m0/s1. The van der Waals surface area contributed by atoms with E-state index in [0.29, 0.717) is 17.3 Å². The van der Waals surface area contributed by atoms with Gasteiger partial charge < -0.3 is 9.64 Å². The van der Waals surface area contributed by atoms with E-state index in [1.165, 1.54) is 0 Å². The molecule has 0 unspecified atom stereocenters. The van der Waals surface area contributed by atoms with Gasteiger partial charge in [-0.15, -0.1) is 11.8 Å². The normalized spacial score (nSPS) is 21.5. The van der Waals surface area contributed by atoms with Gasteiger partial charge >= 0.3 is 0 Å². The van der Waals surface area contributed by atoms with Crippen molar-refractivity contribution in [2.24, 2.45) is 0 Å². The molecule has 0 radical (unpaired) electrons. The van der Waals surface area contributed by atoms with Crippen molar-refractivity contribution in [3.63, 3.8) is 0 Å². The minimum Gasteiger partial charge on any atom is -0.376 e. The van der Waals surface area contributed by atoms with Crippen LogP contribution in [0, 0.1) is 0 Å². The van der Waals surface area contributed by atoms with Crippen LogP contribution in [-0.2, 0) is 9.53 Å². The maximum atomic E-state index is 12.7. The predicted molar refractivity (Wildman–Crippen MR) is 120 cm³/mol. The molecule has 30 heavy (non-hydrogen) atoms. The number of amides is 1. The lowest BCUT2D eigenvalue weighted by atomic mass is 10.1. The topological polar surface area (TPSA) is 47.4 Å². The Hall–Kier alpha value is -2.28. The molecular weight excluding hydrogens is 418 g/mol. The van der Waals surface area contributed by atoms with E-state index in [1.54, 1.807) is 11.8 Å². The molecule has 2 atom stereocenters. The van der Waals surface area contributed by atoms with Gasteiger partial charge in [-0.1, -0.05) is 41.9 Å². The smallest absolute Gasteiger partial charge is 0.233 e.